The molecule has 1 fully saturated rings. The summed E-state index contributed by atoms with van der Waals surface area (Å²) in [5, 5.41) is 4.11. The molecule has 2 atom stereocenters. The van der Waals surface area contributed by atoms with Crippen molar-refractivity contribution in [3.05, 3.63) is 59.2 Å². The summed E-state index contributed by atoms with van der Waals surface area (Å²) < 4.78 is 10.8. The summed E-state index contributed by atoms with van der Waals surface area (Å²) >= 11 is 0. The minimum absolute atomic E-state index is 0.0116. The predicted molar refractivity (Wildman–Crippen MR) is 116 cm³/mol. The Hall–Kier alpha value is -2.82. The van der Waals surface area contributed by atoms with E-state index < -0.39 is 0 Å². The summed E-state index contributed by atoms with van der Waals surface area (Å²) in [5.41, 5.74) is 6.15. The molecule has 5 heteroatoms. The van der Waals surface area contributed by atoms with Gasteiger partial charge >= 0.3 is 0 Å². The van der Waals surface area contributed by atoms with Gasteiger partial charge in [0.2, 0.25) is 5.91 Å². The van der Waals surface area contributed by atoms with Gasteiger partial charge in [0.05, 0.1) is 19.9 Å². The molecule has 1 aliphatic carbocycles. The number of nitrogens with one attached hydrogen (secondary N) is 1. The zero-order valence-corrected chi connectivity index (χ0v) is 17.9. The number of nitrogens with zero attached hydrogens (tertiary/aromatic N) is 1. The van der Waals surface area contributed by atoms with E-state index in [2.05, 4.69) is 55.6 Å². The molecule has 1 saturated carbocycles. The van der Waals surface area contributed by atoms with Crippen LogP contribution in [0.1, 0.15) is 56.7 Å². The van der Waals surface area contributed by atoms with E-state index in [4.69, 9.17) is 9.47 Å². The zero-order chi connectivity index (χ0) is 21.0. The van der Waals surface area contributed by atoms with Gasteiger partial charge in [-0.1, -0.05) is 45.0 Å². The van der Waals surface area contributed by atoms with Crippen LogP contribution in [0.5, 0.6) is 11.5 Å². The van der Waals surface area contributed by atoms with Crippen molar-refractivity contribution >= 4 is 12.1 Å². The molecule has 29 heavy (non-hydrogen) atoms. The lowest BCUT2D eigenvalue weighted by atomic mass is 9.86. The average Bonchev–Trinajstić information content (AvgIpc) is 3.49. The van der Waals surface area contributed by atoms with Crippen molar-refractivity contribution in [3.8, 4) is 11.5 Å². The standard InChI is InChI=1S/C24H30N2O3/c1-6-29-21-12-7-16(13-22(21)28-5)15-25-26-23(27)20-14-19(20)17-8-10-18(11-9-17)24(2,3)4/h7-13,15,19-20H,6,14H2,1-5H3,(H,26,27)/b25-15-. The van der Waals surface area contributed by atoms with Crippen molar-refractivity contribution < 1.29 is 14.3 Å². The van der Waals surface area contributed by atoms with Crippen LogP contribution < -0.4 is 14.9 Å². The van der Waals surface area contributed by atoms with Crippen molar-refractivity contribution in [2.24, 2.45) is 11.0 Å². The van der Waals surface area contributed by atoms with Gasteiger partial charge in [-0.25, -0.2) is 5.43 Å². The van der Waals surface area contributed by atoms with E-state index in [1.165, 1.54) is 11.1 Å². The van der Waals surface area contributed by atoms with E-state index >= 15 is 0 Å². The molecule has 0 spiro atoms. The first-order chi connectivity index (χ1) is 13.8. The SMILES string of the molecule is CCOc1ccc(/C=N\NC(=O)C2CC2c2ccc(C(C)(C)C)cc2)cc1OC. The Morgan fingerprint density at radius 3 is 2.52 bits per heavy atom. The number of benzene rings is 2. The number of hydrogen-bond donors (Lipinski definition) is 1. The molecule has 1 N–H and O–H groups in total. The van der Waals surface area contributed by atoms with Crippen LogP contribution in [0.3, 0.4) is 0 Å². The van der Waals surface area contributed by atoms with Crippen LogP contribution in [0.4, 0.5) is 0 Å². The third-order valence-electron chi connectivity index (χ3n) is 5.21. The Kier molecular flexibility index (Phi) is 6.26. The van der Waals surface area contributed by atoms with Crippen molar-refractivity contribution in [2.75, 3.05) is 13.7 Å². The molecule has 0 heterocycles. The second kappa shape index (κ2) is 8.68. The molecule has 0 aromatic heterocycles. The van der Waals surface area contributed by atoms with Crippen molar-refractivity contribution in [2.45, 2.75) is 45.4 Å². The highest BCUT2D eigenvalue weighted by Gasteiger charge is 2.44. The third kappa shape index (κ3) is 5.17. The zero-order valence-electron chi connectivity index (χ0n) is 17.9. The maximum Gasteiger partial charge on any atom is 0.243 e. The van der Waals surface area contributed by atoms with E-state index in [9.17, 15) is 4.79 Å². The molecule has 0 aliphatic heterocycles. The first kappa shape index (κ1) is 20.9. The van der Waals surface area contributed by atoms with Gasteiger partial charge in [-0.15, -0.1) is 0 Å². The van der Waals surface area contributed by atoms with Gasteiger partial charge in [0, 0.05) is 5.92 Å². The second-order valence-corrected chi connectivity index (χ2v) is 8.40. The van der Waals surface area contributed by atoms with Gasteiger partial charge in [0.1, 0.15) is 0 Å². The van der Waals surface area contributed by atoms with Crippen LogP contribution in [0.2, 0.25) is 0 Å². The van der Waals surface area contributed by atoms with Crippen molar-refractivity contribution in [1.29, 1.82) is 0 Å². The lowest BCUT2D eigenvalue weighted by Crippen LogP contribution is -2.20. The van der Waals surface area contributed by atoms with Crippen LogP contribution in [0, 0.1) is 5.92 Å². The summed E-state index contributed by atoms with van der Waals surface area (Å²) in [6, 6.07) is 14.2. The van der Waals surface area contributed by atoms with Gasteiger partial charge in [-0.05, 0) is 59.6 Å². The molecular formula is C24H30N2O3. The number of hydrazone groups is 1. The molecule has 3 rings (SSSR count). The Morgan fingerprint density at radius 1 is 1.17 bits per heavy atom. The first-order valence-electron chi connectivity index (χ1n) is 10.1. The van der Waals surface area contributed by atoms with Gasteiger partial charge < -0.3 is 9.47 Å². The quantitative estimate of drug-likeness (QED) is 0.549. The van der Waals surface area contributed by atoms with E-state index in [-0.39, 0.29) is 23.2 Å². The number of amides is 1. The summed E-state index contributed by atoms with van der Waals surface area (Å²) in [6.07, 6.45) is 2.48. The summed E-state index contributed by atoms with van der Waals surface area (Å²) in [5.74, 6) is 1.56. The molecule has 2 aromatic carbocycles. The summed E-state index contributed by atoms with van der Waals surface area (Å²) in [4.78, 5) is 12.4. The number of rotatable bonds is 7. The minimum Gasteiger partial charge on any atom is -0.493 e. The molecule has 0 radical (unpaired) electrons. The molecule has 0 bridgehead atoms. The Morgan fingerprint density at radius 2 is 1.90 bits per heavy atom. The van der Waals surface area contributed by atoms with Crippen LogP contribution in [-0.4, -0.2) is 25.8 Å². The van der Waals surface area contributed by atoms with Crippen molar-refractivity contribution in [3.63, 3.8) is 0 Å². The maximum absolute atomic E-state index is 12.4. The van der Waals surface area contributed by atoms with E-state index in [1.807, 2.05) is 25.1 Å². The van der Waals surface area contributed by atoms with Crippen LogP contribution in [0.15, 0.2) is 47.6 Å². The summed E-state index contributed by atoms with van der Waals surface area (Å²) in [7, 11) is 1.60. The highest BCUT2D eigenvalue weighted by atomic mass is 16.5. The molecule has 2 aromatic rings. The Balaban J connectivity index is 1.55. The van der Waals surface area contributed by atoms with Crippen LogP contribution in [0.25, 0.3) is 0 Å². The number of ether oxygens (including phenoxy) is 2. The topological polar surface area (TPSA) is 59.9 Å². The number of methoxy groups -OCH3 is 1. The fourth-order valence-corrected chi connectivity index (χ4v) is 3.38. The second-order valence-electron chi connectivity index (χ2n) is 8.40. The number of carbonyl (C=O) groups excluding carboxylic acids is 1. The Bertz CT molecular complexity index is 882. The van der Waals surface area contributed by atoms with Crippen LogP contribution >= 0.6 is 0 Å². The number of hydrogen-bond acceptors (Lipinski definition) is 4. The van der Waals surface area contributed by atoms with Gasteiger partial charge in [0.25, 0.3) is 0 Å². The fraction of sp³-hybridized carbons (Fsp3) is 0.417. The Labute approximate surface area is 173 Å². The average molecular weight is 395 g/mol. The third-order valence-corrected chi connectivity index (χ3v) is 5.21. The van der Waals surface area contributed by atoms with E-state index in [1.54, 1.807) is 13.3 Å². The first-order valence-corrected chi connectivity index (χ1v) is 10.1. The normalized spacial score (nSPS) is 18.5. The predicted octanol–water partition coefficient (Wildman–Crippen LogP) is 4.65. The molecule has 0 saturated heterocycles. The number of carbonyl (C=O) groups is 1. The summed E-state index contributed by atoms with van der Waals surface area (Å²) in [6.45, 7) is 9.10. The highest BCUT2D eigenvalue weighted by molar-refractivity contribution is 5.86. The van der Waals surface area contributed by atoms with Gasteiger partial charge in [-0.3, -0.25) is 4.79 Å². The van der Waals surface area contributed by atoms with E-state index in [0.717, 1.165) is 12.0 Å². The lowest BCUT2D eigenvalue weighted by molar-refractivity contribution is -0.122. The molecule has 2 unspecified atom stereocenters. The van der Waals surface area contributed by atoms with E-state index in [0.29, 0.717) is 18.1 Å². The smallest absolute Gasteiger partial charge is 0.243 e. The van der Waals surface area contributed by atoms with Crippen molar-refractivity contribution in [1.82, 2.24) is 5.43 Å². The fourth-order valence-electron chi connectivity index (χ4n) is 3.38. The molecular weight excluding hydrogens is 364 g/mol. The molecule has 1 aliphatic rings. The molecule has 154 valence electrons. The maximum atomic E-state index is 12.4. The highest BCUT2D eigenvalue weighted by Crippen LogP contribution is 2.47. The van der Waals surface area contributed by atoms with Gasteiger partial charge in [0.15, 0.2) is 11.5 Å². The molecule has 1 amide bonds. The van der Waals surface area contributed by atoms with Crippen LogP contribution in [-0.2, 0) is 10.2 Å². The van der Waals surface area contributed by atoms with Gasteiger partial charge in [-0.2, -0.15) is 5.10 Å². The monoisotopic (exact) mass is 394 g/mol. The molecule has 5 nitrogen and oxygen atoms in total. The minimum atomic E-state index is -0.0379. The lowest BCUT2D eigenvalue weighted by Gasteiger charge is -2.19. The largest absolute Gasteiger partial charge is 0.493 e.